The number of carbonyl (C=O) groups excluding carboxylic acids is 3. The molecule has 3 amide bonds. The van der Waals surface area contributed by atoms with Gasteiger partial charge in [0.2, 0.25) is 5.96 Å². The molecule has 0 fully saturated rings. The van der Waals surface area contributed by atoms with Gasteiger partial charge in [0, 0.05) is 4.90 Å². The fourth-order valence-electron chi connectivity index (χ4n) is 2.87. The highest BCUT2D eigenvalue weighted by atomic mass is 32.2. The second kappa shape index (κ2) is 13.4. The van der Waals surface area contributed by atoms with Gasteiger partial charge in [0.05, 0.1) is 41.3 Å². The summed E-state index contributed by atoms with van der Waals surface area (Å²) in [5.74, 6) is -0.228. The van der Waals surface area contributed by atoms with Crippen molar-refractivity contribution in [3.8, 4) is 5.75 Å². The van der Waals surface area contributed by atoms with Crippen LogP contribution in [0.15, 0.2) is 93.6 Å². The Bertz CT molecular complexity index is 1280. The number of anilines is 1. The Morgan fingerprint density at radius 3 is 2.03 bits per heavy atom. The molecule has 0 bridgehead atoms. The van der Waals surface area contributed by atoms with Gasteiger partial charge in [0.1, 0.15) is 5.75 Å². The van der Waals surface area contributed by atoms with E-state index in [2.05, 4.69) is 30.4 Å². The van der Waals surface area contributed by atoms with Gasteiger partial charge in [0.15, 0.2) is 6.61 Å². The summed E-state index contributed by atoms with van der Waals surface area (Å²) in [5, 5.41) is 7.22. The van der Waals surface area contributed by atoms with Crippen molar-refractivity contribution in [1.82, 2.24) is 10.6 Å². The molecule has 0 radical (unpaired) electrons. The van der Waals surface area contributed by atoms with Crippen LogP contribution in [0.2, 0.25) is 0 Å². The first kappa shape index (κ1) is 26.9. The standard InChI is InChI=1S/C25H24N4O7S/c1-34-24(31)28-23(29-25(32)35-2)26-17-13-14-20(21(15-17)37(33)19-11-7-4-8-12-19)27-22(30)16-36-18-9-5-3-6-10-18/h3-15H,16H2,1-2H3,(H,27,30)(H2,26,28,29,31,32). The van der Waals surface area contributed by atoms with E-state index in [4.69, 9.17) is 4.74 Å². The highest BCUT2D eigenvalue weighted by molar-refractivity contribution is 7.85. The minimum atomic E-state index is -1.71. The fourth-order valence-corrected chi connectivity index (χ4v) is 4.08. The topological polar surface area (TPSA) is 144 Å². The van der Waals surface area contributed by atoms with E-state index in [1.807, 2.05) is 6.07 Å². The minimum Gasteiger partial charge on any atom is -0.484 e. The molecule has 3 aromatic rings. The summed E-state index contributed by atoms with van der Waals surface area (Å²) in [5.41, 5.74) is 0.479. The fraction of sp³-hybridized carbons (Fsp3) is 0.120. The van der Waals surface area contributed by atoms with E-state index in [1.54, 1.807) is 54.6 Å². The van der Waals surface area contributed by atoms with Crippen molar-refractivity contribution in [1.29, 1.82) is 0 Å². The first-order chi connectivity index (χ1) is 17.9. The normalized spacial score (nSPS) is 10.9. The minimum absolute atomic E-state index is 0.209. The summed E-state index contributed by atoms with van der Waals surface area (Å²) in [6.45, 7) is -0.266. The summed E-state index contributed by atoms with van der Waals surface area (Å²) in [6.07, 6.45) is -1.77. The third-order valence-corrected chi connectivity index (χ3v) is 6.00. The number of amides is 3. The number of alkyl carbamates (subject to hydrolysis) is 2. The number of carbonyl (C=O) groups is 3. The number of methoxy groups -OCH3 is 2. The SMILES string of the molecule is COC(=O)NC(=Nc1ccc(NC(=O)COc2ccccc2)c(S(=O)c2ccccc2)c1)NC(=O)OC. The number of ether oxygens (including phenoxy) is 3. The van der Waals surface area contributed by atoms with Crippen LogP contribution in [0.25, 0.3) is 0 Å². The number of rotatable bonds is 7. The Balaban J connectivity index is 1.92. The molecule has 3 N–H and O–H groups in total. The van der Waals surface area contributed by atoms with E-state index in [9.17, 15) is 18.6 Å². The maximum absolute atomic E-state index is 13.4. The van der Waals surface area contributed by atoms with Crippen molar-refractivity contribution in [3.05, 3.63) is 78.9 Å². The number of hydrogen-bond donors (Lipinski definition) is 3. The van der Waals surface area contributed by atoms with Crippen molar-refractivity contribution in [3.63, 3.8) is 0 Å². The molecule has 0 saturated carbocycles. The van der Waals surface area contributed by atoms with Crippen LogP contribution in [0.4, 0.5) is 21.0 Å². The van der Waals surface area contributed by atoms with Crippen molar-refractivity contribution in [2.24, 2.45) is 4.99 Å². The summed E-state index contributed by atoms with van der Waals surface area (Å²) in [7, 11) is 0.575. The molecule has 37 heavy (non-hydrogen) atoms. The van der Waals surface area contributed by atoms with E-state index in [0.717, 1.165) is 14.2 Å². The van der Waals surface area contributed by atoms with Gasteiger partial charge in [-0.2, -0.15) is 0 Å². The summed E-state index contributed by atoms with van der Waals surface area (Å²) < 4.78 is 28.0. The average molecular weight is 525 g/mol. The van der Waals surface area contributed by atoms with Gasteiger partial charge >= 0.3 is 12.2 Å². The van der Waals surface area contributed by atoms with Crippen LogP contribution in [0.3, 0.4) is 0 Å². The number of nitrogens with one attached hydrogen (secondary N) is 3. The maximum Gasteiger partial charge on any atom is 0.413 e. The van der Waals surface area contributed by atoms with Crippen LogP contribution in [0, 0.1) is 0 Å². The first-order valence-electron chi connectivity index (χ1n) is 10.8. The van der Waals surface area contributed by atoms with Crippen LogP contribution >= 0.6 is 0 Å². The van der Waals surface area contributed by atoms with Gasteiger partial charge in [-0.3, -0.25) is 15.4 Å². The zero-order valence-electron chi connectivity index (χ0n) is 19.9. The first-order valence-corrected chi connectivity index (χ1v) is 11.9. The molecule has 0 heterocycles. The Morgan fingerprint density at radius 1 is 0.838 bits per heavy atom. The third-order valence-electron chi connectivity index (χ3n) is 4.56. The summed E-state index contributed by atoms with van der Waals surface area (Å²) >= 11 is 0. The predicted molar refractivity (Wildman–Crippen MR) is 136 cm³/mol. The van der Waals surface area contributed by atoms with Crippen LogP contribution in [0.1, 0.15) is 0 Å². The molecule has 11 nitrogen and oxygen atoms in total. The van der Waals surface area contributed by atoms with Gasteiger partial charge in [0.25, 0.3) is 5.91 Å². The van der Waals surface area contributed by atoms with Crippen LogP contribution in [-0.2, 0) is 25.1 Å². The second-order valence-electron chi connectivity index (χ2n) is 7.11. The van der Waals surface area contributed by atoms with Crippen molar-refractivity contribution >= 4 is 46.2 Å². The molecule has 1 atom stereocenters. The van der Waals surface area contributed by atoms with Crippen LogP contribution in [0.5, 0.6) is 5.75 Å². The molecule has 3 rings (SSSR count). The zero-order chi connectivity index (χ0) is 26.6. The highest BCUT2D eigenvalue weighted by Gasteiger charge is 2.17. The Morgan fingerprint density at radius 2 is 1.43 bits per heavy atom. The molecule has 192 valence electrons. The lowest BCUT2D eigenvalue weighted by Crippen LogP contribution is -2.43. The predicted octanol–water partition coefficient (Wildman–Crippen LogP) is 3.57. The van der Waals surface area contributed by atoms with E-state index in [0.29, 0.717) is 10.6 Å². The number of para-hydroxylation sites is 1. The molecule has 3 aromatic carbocycles. The van der Waals surface area contributed by atoms with Gasteiger partial charge in [-0.05, 0) is 42.5 Å². The molecular weight excluding hydrogens is 500 g/mol. The number of hydrogen-bond acceptors (Lipinski definition) is 8. The molecule has 0 saturated heterocycles. The van der Waals surface area contributed by atoms with Crippen LogP contribution in [-0.4, -0.2) is 49.1 Å². The number of benzene rings is 3. The Hall–Kier alpha value is -4.71. The monoisotopic (exact) mass is 524 g/mol. The number of guanidine groups is 1. The largest absolute Gasteiger partial charge is 0.484 e. The lowest BCUT2D eigenvalue weighted by Gasteiger charge is -2.13. The Kier molecular flexibility index (Phi) is 9.74. The van der Waals surface area contributed by atoms with Gasteiger partial charge < -0.3 is 19.5 Å². The molecule has 0 aliphatic heterocycles. The smallest absolute Gasteiger partial charge is 0.413 e. The van der Waals surface area contributed by atoms with E-state index >= 15 is 0 Å². The molecule has 0 aliphatic carbocycles. The number of aliphatic imine (C=N–C) groups is 1. The van der Waals surface area contributed by atoms with E-state index in [1.165, 1.54) is 18.2 Å². The van der Waals surface area contributed by atoms with E-state index < -0.39 is 28.9 Å². The quantitative estimate of drug-likeness (QED) is 0.317. The molecule has 0 spiro atoms. The molecule has 0 aliphatic rings. The highest BCUT2D eigenvalue weighted by Crippen LogP contribution is 2.29. The van der Waals surface area contributed by atoms with Crippen molar-refractivity contribution < 1.29 is 32.8 Å². The molecule has 0 aromatic heterocycles. The number of nitrogens with zero attached hydrogens (tertiary/aromatic N) is 1. The van der Waals surface area contributed by atoms with Gasteiger partial charge in [-0.15, -0.1) is 0 Å². The Labute approximate surface area is 215 Å². The summed E-state index contributed by atoms with van der Waals surface area (Å²) in [4.78, 5) is 40.8. The van der Waals surface area contributed by atoms with Crippen LogP contribution < -0.4 is 20.7 Å². The average Bonchev–Trinajstić information content (AvgIpc) is 2.93. The zero-order valence-corrected chi connectivity index (χ0v) is 20.7. The summed E-state index contributed by atoms with van der Waals surface area (Å²) in [6, 6.07) is 21.9. The van der Waals surface area contributed by atoms with E-state index in [-0.39, 0.29) is 28.8 Å². The van der Waals surface area contributed by atoms with Gasteiger partial charge in [-0.25, -0.2) is 18.8 Å². The van der Waals surface area contributed by atoms with Crippen molar-refractivity contribution in [2.75, 3.05) is 26.1 Å². The molecule has 1 unspecified atom stereocenters. The molecule has 12 heteroatoms. The second-order valence-corrected chi connectivity index (χ2v) is 8.55. The maximum atomic E-state index is 13.4. The molecular formula is C25H24N4O7S. The lowest BCUT2D eigenvalue weighted by atomic mass is 10.2. The van der Waals surface area contributed by atoms with Crippen molar-refractivity contribution in [2.45, 2.75) is 9.79 Å². The lowest BCUT2D eigenvalue weighted by molar-refractivity contribution is -0.118. The van der Waals surface area contributed by atoms with Gasteiger partial charge in [-0.1, -0.05) is 36.4 Å². The third kappa shape index (κ3) is 8.18.